The number of halogens is 1. The van der Waals surface area contributed by atoms with Crippen LogP contribution in [-0.4, -0.2) is 47.9 Å². The zero-order chi connectivity index (χ0) is 19.7. The summed E-state index contributed by atoms with van der Waals surface area (Å²) in [6, 6.07) is 8.88. The summed E-state index contributed by atoms with van der Waals surface area (Å²) < 4.78 is 17.6. The molecule has 5 unspecified atom stereocenters. The highest BCUT2D eigenvalue weighted by Gasteiger charge is 2.50. The van der Waals surface area contributed by atoms with Crippen molar-refractivity contribution in [2.24, 2.45) is 0 Å². The molecule has 1 aromatic carbocycles. The van der Waals surface area contributed by atoms with Crippen LogP contribution in [0.15, 0.2) is 30.3 Å². The molecule has 0 aromatic heterocycles. The summed E-state index contributed by atoms with van der Waals surface area (Å²) in [6.45, 7) is 12.6. The quantitative estimate of drug-likeness (QED) is 0.296. The average molecular weight is 492 g/mol. The van der Waals surface area contributed by atoms with Crippen LogP contribution in [0.4, 0.5) is 0 Å². The van der Waals surface area contributed by atoms with Crippen molar-refractivity contribution in [3.63, 3.8) is 0 Å². The summed E-state index contributed by atoms with van der Waals surface area (Å²) in [6.07, 6.45) is -2.42. The second kappa shape index (κ2) is 8.26. The highest BCUT2D eigenvalue weighted by molar-refractivity contribution is 14.1. The van der Waals surface area contributed by atoms with E-state index in [1.54, 1.807) is 31.2 Å². The first-order valence-corrected chi connectivity index (χ1v) is 13.0. The Morgan fingerprint density at radius 3 is 2.31 bits per heavy atom. The minimum atomic E-state index is -2.13. The van der Waals surface area contributed by atoms with E-state index in [2.05, 4.69) is 56.5 Å². The van der Waals surface area contributed by atoms with Gasteiger partial charge >= 0.3 is 5.97 Å². The van der Waals surface area contributed by atoms with Crippen molar-refractivity contribution in [2.75, 3.05) is 0 Å². The van der Waals surface area contributed by atoms with Crippen LogP contribution < -0.4 is 0 Å². The molecule has 2 rings (SSSR count). The van der Waals surface area contributed by atoms with Crippen molar-refractivity contribution < 1.29 is 23.8 Å². The van der Waals surface area contributed by atoms with Crippen LogP contribution >= 0.6 is 22.6 Å². The minimum absolute atomic E-state index is 0.00381. The first kappa shape index (κ1) is 21.8. The van der Waals surface area contributed by atoms with E-state index in [0.717, 1.165) is 0 Å². The highest BCUT2D eigenvalue weighted by Crippen LogP contribution is 2.41. The number of carbonyl (C=O) groups is 1. The number of aliphatic hydroxyl groups excluding tert-OH is 1. The molecule has 5 atom stereocenters. The number of ether oxygens (including phenoxy) is 2. The van der Waals surface area contributed by atoms with Gasteiger partial charge in [0, 0.05) is 0 Å². The van der Waals surface area contributed by atoms with Crippen LogP contribution in [0.2, 0.25) is 18.1 Å². The number of benzene rings is 1. The highest BCUT2D eigenvalue weighted by atomic mass is 127. The molecule has 0 saturated carbocycles. The monoisotopic (exact) mass is 492 g/mol. The standard InChI is InChI=1S/C19H29IO5Si/c1-12-15(24-17(21)13-10-8-7-9-11-13)16(14(20)18(22)23-12)25-26(5,6)19(2,3)4/h7-12,14-16,18,22H,1-6H3. The molecule has 7 heteroatoms. The Morgan fingerprint density at radius 2 is 1.77 bits per heavy atom. The van der Waals surface area contributed by atoms with Gasteiger partial charge < -0.3 is 19.0 Å². The van der Waals surface area contributed by atoms with Gasteiger partial charge in [-0.25, -0.2) is 4.79 Å². The predicted molar refractivity (Wildman–Crippen MR) is 112 cm³/mol. The van der Waals surface area contributed by atoms with Gasteiger partial charge in [-0.05, 0) is 37.2 Å². The molecule has 1 aliphatic heterocycles. The van der Waals surface area contributed by atoms with Gasteiger partial charge in [0.1, 0.15) is 6.10 Å². The van der Waals surface area contributed by atoms with E-state index in [1.165, 1.54) is 0 Å². The fourth-order valence-corrected chi connectivity index (χ4v) is 4.88. The van der Waals surface area contributed by atoms with Crippen LogP contribution in [0.25, 0.3) is 0 Å². The fraction of sp³-hybridized carbons (Fsp3) is 0.632. The lowest BCUT2D eigenvalue weighted by Gasteiger charge is -2.47. The number of carbonyl (C=O) groups excluding carboxylic acids is 1. The average Bonchev–Trinajstić information content (AvgIpc) is 2.55. The lowest BCUT2D eigenvalue weighted by Crippen LogP contribution is -2.60. The Kier molecular flexibility index (Phi) is 6.93. The molecule has 1 aliphatic rings. The first-order chi connectivity index (χ1) is 11.9. The van der Waals surface area contributed by atoms with Gasteiger partial charge in [-0.3, -0.25) is 0 Å². The second-order valence-corrected chi connectivity index (χ2v) is 14.4. The van der Waals surface area contributed by atoms with E-state index in [4.69, 9.17) is 13.9 Å². The Balaban J connectivity index is 2.26. The number of hydrogen-bond acceptors (Lipinski definition) is 5. The van der Waals surface area contributed by atoms with Crippen molar-refractivity contribution in [3.05, 3.63) is 35.9 Å². The van der Waals surface area contributed by atoms with Crippen LogP contribution in [0.5, 0.6) is 0 Å². The number of aliphatic hydroxyl groups is 1. The van der Waals surface area contributed by atoms with Gasteiger partial charge in [-0.1, -0.05) is 61.6 Å². The van der Waals surface area contributed by atoms with E-state index < -0.39 is 38.9 Å². The Bertz CT molecular complexity index is 616. The molecule has 1 heterocycles. The molecule has 0 radical (unpaired) electrons. The van der Waals surface area contributed by atoms with E-state index in [1.807, 2.05) is 6.07 Å². The van der Waals surface area contributed by atoms with Crippen molar-refractivity contribution in [3.8, 4) is 0 Å². The Morgan fingerprint density at radius 1 is 1.19 bits per heavy atom. The molecule has 5 nitrogen and oxygen atoms in total. The normalized spacial score (nSPS) is 30.1. The number of hydrogen-bond donors (Lipinski definition) is 1. The second-order valence-electron chi connectivity index (χ2n) is 8.25. The topological polar surface area (TPSA) is 65.0 Å². The SMILES string of the molecule is CC1OC(O)C(I)C(O[Si](C)(C)C(C)(C)C)C1OC(=O)c1ccccc1. The third-order valence-electron chi connectivity index (χ3n) is 5.22. The van der Waals surface area contributed by atoms with Crippen LogP contribution in [-0.2, 0) is 13.9 Å². The van der Waals surface area contributed by atoms with Gasteiger partial charge in [0.2, 0.25) is 0 Å². The zero-order valence-electron chi connectivity index (χ0n) is 16.2. The largest absolute Gasteiger partial charge is 0.453 e. The summed E-state index contributed by atoms with van der Waals surface area (Å²) >= 11 is 2.13. The summed E-state index contributed by atoms with van der Waals surface area (Å²) in [7, 11) is -2.13. The fourth-order valence-electron chi connectivity index (χ4n) is 2.56. The maximum absolute atomic E-state index is 12.6. The van der Waals surface area contributed by atoms with Crippen LogP contribution in [0.3, 0.4) is 0 Å². The number of esters is 1. The van der Waals surface area contributed by atoms with Gasteiger partial charge in [-0.15, -0.1) is 0 Å². The molecule has 0 bridgehead atoms. The van der Waals surface area contributed by atoms with Crippen molar-refractivity contribution in [1.82, 2.24) is 0 Å². The maximum Gasteiger partial charge on any atom is 0.338 e. The summed E-state index contributed by atoms with van der Waals surface area (Å²) in [5.74, 6) is -0.408. The van der Waals surface area contributed by atoms with Gasteiger partial charge in [0.05, 0.1) is 15.6 Å². The molecule has 0 amide bonds. The smallest absolute Gasteiger partial charge is 0.338 e. The minimum Gasteiger partial charge on any atom is -0.453 e. The molecule has 146 valence electrons. The van der Waals surface area contributed by atoms with Crippen molar-refractivity contribution >= 4 is 36.9 Å². The molecule has 0 spiro atoms. The third kappa shape index (κ3) is 4.86. The van der Waals surface area contributed by atoms with E-state index in [-0.39, 0.29) is 8.96 Å². The van der Waals surface area contributed by atoms with Crippen molar-refractivity contribution in [2.45, 2.75) is 74.4 Å². The molecule has 1 fully saturated rings. The lowest BCUT2D eigenvalue weighted by atomic mass is 10.0. The van der Waals surface area contributed by atoms with E-state index in [9.17, 15) is 9.90 Å². The molecular weight excluding hydrogens is 463 g/mol. The van der Waals surface area contributed by atoms with Crippen LogP contribution in [0, 0.1) is 0 Å². The molecule has 1 N–H and O–H groups in total. The third-order valence-corrected chi connectivity index (χ3v) is 11.0. The number of rotatable bonds is 4. The van der Waals surface area contributed by atoms with Crippen LogP contribution in [0.1, 0.15) is 38.1 Å². The molecular formula is C19H29IO5Si. The lowest BCUT2D eigenvalue weighted by molar-refractivity contribution is -0.216. The summed E-state index contributed by atoms with van der Waals surface area (Å²) in [5.41, 5.74) is 0.488. The molecule has 26 heavy (non-hydrogen) atoms. The number of alkyl halides is 1. The van der Waals surface area contributed by atoms with Gasteiger partial charge in [-0.2, -0.15) is 0 Å². The molecule has 0 aliphatic carbocycles. The first-order valence-electron chi connectivity index (χ1n) is 8.85. The van der Waals surface area contributed by atoms with E-state index >= 15 is 0 Å². The summed E-state index contributed by atoms with van der Waals surface area (Å²) in [5, 5.41) is 10.3. The molecule has 1 saturated heterocycles. The van der Waals surface area contributed by atoms with Crippen molar-refractivity contribution in [1.29, 1.82) is 0 Å². The van der Waals surface area contributed by atoms with E-state index in [0.29, 0.717) is 5.56 Å². The van der Waals surface area contributed by atoms with Gasteiger partial charge in [0.15, 0.2) is 20.7 Å². The molecule has 1 aromatic rings. The zero-order valence-corrected chi connectivity index (χ0v) is 19.4. The maximum atomic E-state index is 12.6. The predicted octanol–water partition coefficient (Wildman–Crippen LogP) is 4.14. The Labute approximate surface area is 170 Å². The Hall–Kier alpha value is -0.483. The summed E-state index contributed by atoms with van der Waals surface area (Å²) in [4.78, 5) is 12.6. The van der Waals surface area contributed by atoms with Gasteiger partial charge in [0.25, 0.3) is 0 Å².